The minimum atomic E-state index is -0.313. The van der Waals surface area contributed by atoms with E-state index in [1.165, 1.54) is 0 Å². The average molecular weight is 238 g/mol. The molecule has 1 aromatic heterocycles. The lowest BCUT2D eigenvalue weighted by molar-refractivity contribution is -0.119. The summed E-state index contributed by atoms with van der Waals surface area (Å²) in [5.41, 5.74) is 0.0546. The van der Waals surface area contributed by atoms with Crippen LogP contribution in [0.25, 0.3) is 0 Å². The Bertz CT molecular complexity index is 425. The molecule has 5 heteroatoms. The van der Waals surface area contributed by atoms with E-state index in [1.807, 2.05) is 20.8 Å². The summed E-state index contributed by atoms with van der Waals surface area (Å²) >= 11 is 0. The van der Waals surface area contributed by atoms with Gasteiger partial charge < -0.3 is 14.2 Å². The molecule has 0 saturated carbocycles. The zero-order valence-corrected chi connectivity index (χ0v) is 10.7. The number of ether oxygens (including phenoxy) is 1. The molecule has 17 heavy (non-hydrogen) atoms. The van der Waals surface area contributed by atoms with Crippen molar-refractivity contribution in [3.8, 4) is 0 Å². The normalized spacial score (nSPS) is 23.8. The lowest BCUT2D eigenvalue weighted by Crippen LogP contribution is -2.53. The number of nitrogens with zero attached hydrogens (tertiary/aromatic N) is 2. The highest BCUT2D eigenvalue weighted by Gasteiger charge is 2.34. The van der Waals surface area contributed by atoms with Gasteiger partial charge in [0.2, 0.25) is 0 Å². The third-order valence-electron chi connectivity index (χ3n) is 2.70. The standard InChI is InChI=1S/C12H18N2O3/c1-8-5-10(13-17-8)11(15)14-6-9(2)16-12(3,4)7-14/h5,9H,6-7H2,1-4H3/t9-/m1/s1. The molecule has 1 atom stereocenters. The van der Waals surface area contributed by atoms with Crippen LogP contribution in [0.4, 0.5) is 0 Å². The summed E-state index contributed by atoms with van der Waals surface area (Å²) in [5.74, 6) is 0.555. The number of carbonyl (C=O) groups is 1. The van der Waals surface area contributed by atoms with Gasteiger partial charge in [0, 0.05) is 19.2 Å². The van der Waals surface area contributed by atoms with Gasteiger partial charge in [-0.2, -0.15) is 0 Å². The smallest absolute Gasteiger partial charge is 0.276 e. The molecule has 1 aliphatic rings. The van der Waals surface area contributed by atoms with Gasteiger partial charge in [-0.25, -0.2) is 0 Å². The molecular formula is C12H18N2O3. The average Bonchev–Trinajstić information content (AvgIpc) is 2.60. The lowest BCUT2D eigenvalue weighted by atomic mass is 10.1. The van der Waals surface area contributed by atoms with Gasteiger partial charge in [0.25, 0.3) is 5.91 Å². The summed E-state index contributed by atoms with van der Waals surface area (Å²) in [6, 6.07) is 1.66. The van der Waals surface area contributed by atoms with Crippen molar-refractivity contribution in [1.82, 2.24) is 10.1 Å². The maximum absolute atomic E-state index is 12.2. The molecule has 0 radical (unpaired) electrons. The van der Waals surface area contributed by atoms with Crippen LogP contribution < -0.4 is 0 Å². The molecule has 94 valence electrons. The van der Waals surface area contributed by atoms with Crippen LogP contribution in [-0.4, -0.2) is 40.8 Å². The number of amides is 1. The molecule has 0 aliphatic carbocycles. The highest BCUT2D eigenvalue weighted by atomic mass is 16.5. The first-order valence-electron chi connectivity index (χ1n) is 5.78. The molecule has 0 spiro atoms. The number of aromatic nitrogens is 1. The van der Waals surface area contributed by atoms with Crippen molar-refractivity contribution in [2.24, 2.45) is 0 Å². The molecule has 0 aromatic carbocycles. The minimum Gasteiger partial charge on any atom is -0.369 e. The second-order valence-corrected chi connectivity index (χ2v) is 5.20. The van der Waals surface area contributed by atoms with Crippen molar-refractivity contribution in [1.29, 1.82) is 0 Å². The van der Waals surface area contributed by atoms with Crippen molar-refractivity contribution in [3.63, 3.8) is 0 Å². The number of carbonyl (C=O) groups excluding carboxylic acids is 1. The molecule has 0 unspecified atom stereocenters. The third kappa shape index (κ3) is 2.66. The number of morpholine rings is 1. The van der Waals surface area contributed by atoms with Gasteiger partial charge in [0.05, 0.1) is 11.7 Å². The Hall–Kier alpha value is -1.36. The molecule has 2 heterocycles. The van der Waals surface area contributed by atoms with Crippen molar-refractivity contribution in [2.45, 2.75) is 39.4 Å². The van der Waals surface area contributed by atoms with Gasteiger partial charge in [-0.1, -0.05) is 5.16 Å². The highest BCUT2D eigenvalue weighted by Crippen LogP contribution is 2.22. The van der Waals surface area contributed by atoms with Crippen LogP contribution in [0, 0.1) is 6.92 Å². The Labute approximate surface area is 101 Å². The predicted octanol–water partition coefficient (Wildman–Crippen LogP) is 1.62. The van der Waals surface area contributed by atoms with Crippen LogP contribution in [0.1, 0.15) is 37.0 Å². The van der Waals surface area contributed by atoms with Crippen molar-refractivity contribution in [3.05, 3.63) is 17.5 Å². The van der Waals surface area contributed by atoms with E-state index in [2.05, 4.69) is 5.16 Å². The maximum Gasteiger partial charge on any atom is 0.276 e. The molecule has 1 aliphatic heterocycles. The Balaban J connectivity index is 2.14. The van der Waals surface area contributed by atoms with E-state index in [0.717, 1.165) is 0 Å². The summed E-state index contributed by atoms with van der Waals surface area (Å²) in [6.07, 6.45) is 0.0377. The van der Waals surface area contributed by atoms with Crippen molar-refractivity contribution < 1.29 is 14.1 Å². The van der Waals surface area contributed by atoms with Gasteiger partial charge in [-0.05, 0) is 27.7 Å². The maximum atomic E-state index is 12.2. The van der Waals surface area contributed by atoms with E-state index in [1.54, 1.807) is 17.9 Å². The van der Waals surface area contributed by atoms with Crippen LogP contribution in [-0.2, 0) is 4.74 Å². The largest absolute Gasteiger partial charge is 0.369 e. The second-order valence-electron chi connectivity index (χ2n) is 5.20. The van der Waals surface area contributed by atoms with Gasteiger partial charge >= 0.3 is 0 Å². The number of rotatable bonds is 1. The van der Waals surface area contributed by atoms with Crippen molar-refractivity contribution in [2.75, 3.05) is 13.1 Å². The van der Waals surface area contributed by atoms with Gasteiger partial charge in [-0.15, -0.1) is 0 Å². The van der Waals surface area contributed by atoms with Crippen LogP contribution in [0.3, 0.4) is 0 Å². The van der Waals surface area contributed by atoms with Crippen molar-refractivity contribution >= 4 is 5.91 Å². The Morgan fingerprint density at radius 1 is 1.59 bits per heavy atom. The van der Waals surface area contributed by atoms with E-state index in [-0.39, 0.29) is 17.6 Å². The summed E-state index contributed by atoms with van der Waals surface area (Å²) in [5, 5.41) is 3.76. The fourth-order valence-corrected chi connectivity index (χ4v) is 2.24. The quantitative estimate of drug-likeness (QED) is 0.746. The molecule has 1 aromatic rings. The Kier molecular flexibility index (Phi) is 2.95. The molecule has 1 amide bonds. The monoisotopic (exact) mass is 238 g/mol. The first-order chi connectivity index (χ1) is 7.87. The van der Waals surface area contributed by atoms with E-state index in [4.69, 9.17) is 9.26 Å². The van der Waals surface area contributed by atoms with Crippen LogP contribution in [0.5, 0.6) is 0 Å². The minimum absolute atomic E-state index is 0.0377. The van der Waals surface area contributed by atoms with Gasteiger partial charge in [0.1, 0.15) is 5.76 Å². The van der Waals surface area contributed by atoms with Crippen LogP contribution in [0.2, 0.25) is 0 Å². The summed E-state index contributed by atoms with van der Waals surface area (Å²) < 4.78 is 10.7. The predicted molar refractivity (Wildman–Crippen MR) is 61.8 cm³/mol. The Morgan fingerprint density at radius 3 is 2.82 bits per heavy atom. The number of hydrogen-bond acceptors (Lipinski definition) is 4. The summed E-state index contributed by atoms with van der Waals surface area (Å²) in [7, 11) is 0. The van der Waals surface area contributed by atoms with E-state index in [9.17, 15) is 4.79 Å². The number of hydrogen-bond donors (Lipinski definition) is 0. The molecular weight excluding hydrogens is 220 g/mol. The van der Waals surface area contributed by atoms with Crippen LogP contribution >= 0.6 is 0 Å². The highest BCUT2D eigenvalue weighted by molar-refractivity contribution is 5.92. The summed E-state index contributed by atoms with van der Waals surface area (Å²) in [4.78, 5) is 14.0. The van der Waals surface area contributed by atoms with E-state index >= 15 is 0 Å². The molecule has 1 fully saturated rings. The van der Waals surface area contributed by atoms with Gasteiger partial charge in [0.15, 0.2) is 5.69 Å². The molecule has 0 bridgehead atoms. The zero-order chi connectivity index (χ0) is 12.6. The van der Waals surface area contributed by atoms with E-state index in [0.29, 0.717) is 24.5 Å². The lowest BCUT2D eigenvalue weighted by Gasteiger charge is -2.41. The first kappa shape index (κ1) is 12.1. The summed E-state index contributed by atoms with van der Waals surface area (Å²) in [6.45, 7) is 8.87. The molecule has 0 N–H and O–H groups in total. The van der Waals surface area contributed by atoms with Crippen LogP contribution in [0.15, 0.2) is 10.6 Å². The van der Waals surface area contributed by atoms with Gasteiger partial charge in [-0.3, -0.25) is 4.79 Å². The third-order valence-corrected chi connectivity index (χ3v) is 2.70. The Morgan fingerprint density at radius 2 is 2.29 bits per heavy atom. The SMILES string of the molecule is Cc1cc(C(=O)N2C[C@@H](C)OC(C)(C)C2)no1. The first-order valence-corrected chi connectivity index (χ1v) is 5.78. The fourth-order valence-electron chi connectivity index (χ4n) is 2.24. The molecule has 1 saturated heterocycles. The topological polar surface area (TPSA) is 55.6 Å². The fraction of sp³-hybridized carbons (Fsp3) is 0.667. The molecule has 5 nitrogen and oxygen atoms in total. The molecule has 2 rings (SSSR count). The van der Waals surface area contributed by atoms with E-state index < -0.39 is 0 Å². The second kappa shape index (κ2) is 4.14. The zero-order valence-electron chi connectivity index (χ0n) is 10.7. The number of aryl methyl sites for hydroxylation is 1.